The van der Waals surface area contributed by atoms with Crippen molar-refractivity contribution in [1.29, 1.82) is 0 Å². The summed E-state index contributed by atoms with van der Waals surface area (Å²) in [6.07, 6.45) is 0. The highest BCUT2D eigenvalue weighted by molar-refractivity contribution is 5.85. The molecule has 0 spiro atoms. The minimum atomic E-state index is -0.935. The molecule has 0 rings (SSSR count). The van der Waals surface area contributed by atoms with Gasteiger partial charge in [0.25, 0.3) is 0 Å². The van der Waals surface area contributed by atoms with E-state index in [0.717, 1.165) is 0 Å². The van der Waals surface area contributed by atoms with E-state index in [4.69, 9.17) is 20.4 Å². The van der Waals surface area contributed by atoms with Crippen molar-refractivity contribution in [2.75, 3.05) is 33.4 Å². The summed E-state index contributed by atoms with van der Waals surface area (Å²) in [5.41, 5.74) is 0.352. The van der Waals surface area contributed by atoms with Gasteiger partial charge < -0.3 is 25.3 Å². The summed E-state index contributed by atoms with van der Waals surface area (Å²) in [4.78, 5) is 21.1. The Kier molecular flexibility index (Phi) is 18.0. The molecule has 7 nitrogen and oxygen atoms in total. The molecule has 0 amide bonds. The van der Waals surface area contributed by atoms with Gasteiger partial charge in [0.2, 0.25) is 0 Å². The second-order valence-electron chi connectivity index (χ2n) is 3.92. The summed E-state index contributed by atoms with van der Waals surface area (Å²) in [6.45, 7) is 10.8. The van der Waals surface area contributed by atoms with Crippen molar-refractivity contribution in [2.24, 2.45) is 0 Å². The van der Waals surface area contributed by atoms with Gasteiger partial charge in [-0.15, -0.1) is 0 Å². The third kappa shape index (κ3) is 25.2. The summed E-state index contributed by atoms with van der Waals surface area (Å²) >= 11 is 0. The Morgan fingerprint density at radius 3 is 1.20 bits per heavy atom. The highest BCUT2D eigenvalue weighted by atomic mass is 16.4. The molecule has 0 saturated heterocycles. The van der Waals surface area contributed by atoms with Gasteiger partial charge in [0.1, 0.15) is 0 Å². The maximum absolute atomic E-state index is 9.60. The topological polar surface area (TPSA) is 118 Å². The zero-order valence-electron chi connectivity index (χ0n) is 12.3. The van der Waals surface area contributed by atoms with Crippen LogP contribution in [0.15, 0.2) is 24.3 Å². The molecule has 0 unspecified atom stereocenters. The number of carbonyl (C=O) groups is 2. The largest absolute Gasteiger partial charge is 0.478 e. The van der Waals surface area contributed by atoms with Crippen LogP contribution in [0.25, 0.3) is 0 Å². The molecule has 4 N–H and O–H groups in total. The number of nitrogens with zero attached hydrogens (tertiary/aromatic N) is 1. The summed E-state index contributed by atoms with van der Waals surface area (Å²) in [7, 11) is 1.85. The van der Waals surface area contributed by atoms with Crippen molar-refractivity contribution in [3.63, 3.8) is 0 Å². The van der Waals surface area contributed by atoms with E-state index < -0.39 is 11.9 Å². The van der Waals surface area contributed by atoms with E-state index in [9.17, 15) is 9.59 Å². The normalized spacial score (nSPS) is 8.70. The first kappa shape index (κ1) is 23.4. The van der Waals surface area contributed by atoms with E-state index in [0.29, 0.717) is 13.1 Å². The third-order valence-corrected chi connectivity index (χ3v) is 1.69. The lowest BCUT2D eigenvalue weighted by Gasteiger charge is -2.11. The maximum atomic E-state index is 9.60. The quantitative estimate of drug-likeness (QED) is 0.516. The van der Waals surface area contributed by atoms with Gasteiger partial charge in [0.15, 0.2) is 0 Å². The zero-order valence-corrected chi connectivity index (χ0v) is 12.3. The fourth-order valence-electron chi connectivity index (χ4n) is 0.453. The van der Waals surface area contributed by atoms with Crippen LogP contribution in [0.2, 0.25) is 0 Å². The summed E-state index contributed by atoms with van der Waals surface area (Å²) in [6, 6.07) is 0. The van der Waals surface area contributed by atoms with Crippen molar-refractivity contribution < 1.29 is 30.0 Å². The minimum absolute atomic E-state index is 0.163. The van der Waals surface area contributed by atoms with Crippen molar-refractivity contribution in [1.82, 2.24) is 4.90 Å². The van der Waals surface area contributed by atoms with Crippen LogP contribution >= 0.6 is 0 Å². The Hall–Kier alpha value is -1.70. The van der Waals surface area contributed by atoms with Gasteiger partial charge in [-0.3, -0.25) is 0 Å². The lowest BCUT2D eigenvalue weighted by Crippen LogP contribution is -2.25. The predicted molar refractivity (Wildman–Crippen MR) is 76.6 cm³/mol. The first-order valence-electron chi connectivity index (χ1n) is 5.77. The van der Waals surface area contributed by atoms with E-state index in [1.54, 1.807) is 0 Å². The van der Waals surface area contributed by atoms with E-state index in [2.05, 4.69) is 13.2 Å². The van der Waals surface area contributed by atoms with Crippen molar-refractivity contribution in [3.05, 3.63) is 24.3 Å². The number of hydrogen-bond donors (Lipinski definition) is 4. The van der Waals surface area contributed by atoms with Crippen LogP contribution in [-0.4, -0.2) is 70.6 Å². The molecule has 0 saturated carbocycles. The van der Waals surface area contributed by atoms with Crippen molar-refractivity contribution >= 4 is 11.9 Å². The molecular formula is C13H25NO6. The number of aliphatic hydroxyl groups excluding tert-OH is 2. The fraction of sp³-hybridized carbons (Fsp3) is 0.538. The Morgan fingerprint density at radius 2 is 1.10 bits per heavy atom. The Morgan fingerprint density at radius 1 is 0.900 bits per heavy atom. The lowest BCUT2D eigenvalue weighted by molar-refractivity contribution is -0.133. The maximum Gasteiger partial charge on any atom is 0.330 e. The van der Waals surface area contributed by atoms with Gasteiger partial charge in [-0.1, -0.05) is 13.2 Å². The Labute approximate surface area is 119 Å². The zero-order chi connectivity index (χ0) is 16.7. The van der Waals surface area contributed by atoms with Gasteiger partial charge in [-0.25, -0.2) is 9.59 Å². The highest BCUT2D eigenvalue weighted by Gasteiger charge is 1.92. The monoisotopic (exact) mass is 291 g/mol. The number of aliphatic carboxylic acids is 2. The van der Waals surface area contributed by atoms with Crippen LogP contribution in [0.5, 0.6) is 0 Å². The first-order chi connectivity index (χ1) is 9.09. The SMILES string of the molecule is C=C(C)C(=O)O.C=C(C)C(=O)O.CN(CCO)CCO. The van der Waals surface area contributed by atoms with Crippen molar-refractivity contribution in [3.8, 4) is 0 Å². The van der Waals surface area contributed by atoms with E-state index >= 15 is 0 Å². The van der Waals surface area contributed by atoms with Crippen LogP contribution < -0.4 is 0 Å². The van der Waals surface area contributed by atoms with Crippen LogP contribution in [0, 0.1) is 0 Å². The smallest absolute Gasteiger partial charge is 0.330 e. The number of carboxylic acids is 2. The van der Waals surface area contributed by atoms with E-state index in [1.807, 2.05) is 11.9 Å². The Balaban J connectivity index is -0.000000221. The summed E-state index contributed by atoms with van der Waals surface area (Å²) in [5, 5.41) is 32.5. The lowest BCUT2D eigenvalue weighted by atomic mass is 10.4. The Bertz CT molecular complexity index is 260. The molecule has 0 heterocycles. The van der Waals surface area contributed by atoms with E-state index in [-0.39, 0.29) is 24.4 Å². The second kappa shape index (κ2) is 15.4. The summed E-state index contributed by atoms with van der Waals surface area (Å²) in [5.74, 6) is -1.87. The molecule has 0 atom stereocenters. The number of likely N-dealkylation sites (N-methyl/N-ethyl adjacent to an activating group) is 1. The number of rotatable bonds is 6. The molecule has 118 valence electrons. The van der Waals surface area contributed by atoms with Gasteiger partial charge >= 0.3 is 11.9 Å². The summed E-state index contributed by atoms with van der Waals surface area (Å²) < 4.78 is 0. The van der Waals surface area contributed by atoms with Crippen molar-refractivity contribution in [2.45, 2.75) is 13.8 Å². The molecule has 0 aliphatic rings. The highest BCUT2D eigenvalue weighted by Crippen LogP contribution is 1.81. The molecule has 0 aromatic heterocycles. The second-order valence-corrected chi connectivity index (χ2v) is 3.92. The molecule has 0 aromatic carbocycles. The van der Waals surface area contributed by atoms with Crippen LogP contribution in [0.4, 0.5) is 0 Å². The molecule has 20 heavy (non-hydrogen) atoms. The number of aliphatic hydroxyl groups is 2. The van der Waals surface area contributed by atoms with Crippen LogP contribution in [0.3, 0.4) is 0 Å². The molecule has 0 aliphatic heterocycles. The molecule has 7 heteroatoms. The van der Waals surface area contributed by atoms with Gasteiger partial charge in [0, 0.05) is 24.2 Å². The number of carboxylic acid groups (broad SMARTS) is 2. The molecule has 0 aliphatic carbocycles. The van der Waals surface area contributed by atoms with Gasteiger partial charge in [-0.05, 0) is 20.9 Å². The first-order valence-corrected chi connectivity index (χ1v) is 5.77. The molecule has 0 radical (unpaired) electrons. The molecule has 0 fully saturated rings. The van der Waals surface area contributed by atoms with Gasteiger partial charge in [-0.2, -0.15) is 0 Å². The molecule has 0 bridgehead atoms. The van der Waals surface area contributed by atoms with Gasteiger partial charge in [0.05, 0.1) is 13.2 Å². The number of hydrogen-bond acceptors (Lipinski definition) is 5. The average Bonchev–Trinajstić information content (AvgIpc) is 2.30. The van der Waals surface area contributed by atoms with Crippen LogP contribution in [-0.2, 0) is 9.59 Å². The molecular weight excluding hydrogens is 266 g/mol. The fourth-order valence-corrected chi connectivity index (χ4v) is 0.453. The predicted octanol–water partition coefficient (Wildman–Crippen LogP) is 0.197. The van der Waals surface area contributed by atoms with Crippen LogP contribution in [0.1, 0.15) is 13.8 Å². The molecule has 0 aromatic rings. The standard InChI is InChI=1S/C5H13NO2.2C4H6O2/c1-6(2-4-7)3-5-8;2*1-3(2)4(5)6/h7-8H,2-5H2,1H3;2*1H2,2H3,(H,5,6). The average molecular weight is 291 g/mol. The van der Waals surface area contributed by atoms with E-state index in [1.165, 1.54) is 13.8 Å². The third-order valence-electron chi connectivity index (χ3n) is 1.69. The minimum Gasteiger partial charge on any atom is -0.478 e.